The Labute approximate surface area is 116 Å². The number of ether oxygens (including phenoxy) is 2. The third-order valence-corrected chi connectivity index (χ3v) is 4.16. The first-order chi connectivity index (χ1) is 8.80. The van der Waals surface area contributed by atoms with Gasteiger partial charge in [0.15, 0.2) is 0 Å². The first kappa shape index (κ1) is 17.1. The van der Waals surface area contributed by atoms with Crippen LogP contribution in [0, 0.1) is 0 Å². The van der Waals surface area contributed by atoms with Crippen LogP contribution in [0.1, 0.15) is 40.5 Å². The fourth-order valence-electron chi connectivity index (χ4n) is 2.03. The molecule has 1 aliphatic heterocycles. The van der Waals surface area contributed by atoms with Crippen molar-refractivity contribution >= 4 is 7.60 Å². The van der Waals surface area contributed by atoms with Gasteiger partial charge in [-0.1, -0.05) is 0 Å². The monoisotopic (exact) mass is 294 g/mol. The zero-order chi connectivity index (χ0) is 14.5. The van der Waals surface area contributed by atoms with Gasteiger partial charge < -0.3 is 18.5 Å². The summed E-state index contributed by atoms with van der Waals surface area (Å²) < 4.78 is 34.5. The molecule has 0 saturated carbocycles. The van der Waals surface area contributed by atoms with Gasteiger partial charge >= 0.3 is 7.60 Å². The highest BCUT2D eigenvalue weighted by Gasteiger charge is 2.33. The van der Waals surface area contributed by atoms with Gasteiger partial charge in [0, 0.05) is 13.3 Å². The molecule has 6 heteroatoms. The van der Waals surface area contributed by atoms with Crippen molar-refractivity contribution in [1.29, 1.82) is 0 Å². The van der Waals surface area contributed by atoms with E-state index in [0.29, 0.717) is 13.2 Å². The van der Waals surface area contributed by atoms with Gasteiger partial charge in [-0.25, -0.2) is 0 Å². The molecule has 3 unspecified atom stereocenters. The van der Waals surface area contributed by atoms with Crippen molar-refractivity contribution in [1.82, 2.24) is 0 Å². The fourth-order valence-corrected chi connectivity index (χ4v) is 3.58. The summed E-state index contributed by atoms with van der Waals surface area (Å²) in [6, 6.07) is 0. The van der Waals surface area contributed by atoms with Crippen molar-refractivity contribution in [3.63, 3.8) is 0 Å². The maximum atomic E-state index is 12.2. The fraction of sp³-hybridized carbons (Fsp3) is 1.00. The van der Waals surface area contributed by atoms with Crippen molar-refractivity contribution in [3.8, 4) is 0 Å². The lowest BCUT2D eigenvalue weighted by Crippen LogP contribution is -2.39. The van der Waals surface area contributed by atoms with E-state index in [0.717, 1.165) is 12.8 Å². The predicted octanol–water partition coefficient (Wildman–Crippen LogP) is 3.22. The van der Waals surface area contributed by atoms with E-state index in [4.69, 9.17) is 18.5 Å². The average Bonchev–Trinajstić information content (AvgIpc) is 2.25. The lowest BCUT2D eigenvalue weighted by Gasteiger charge is -2.33. The molecule has 0 aromatic heterocycles. The van der Waals surface area contributed by atoms with E-state index in [1.807, 2.05) is 27.7 Å². The Morgan fingerprint density at radius 2 is 1.95 bits per heavy atom. The van der Waals surface area contributed by atoms with Gasteiger partial charge in [0.25, 0.3) is 0 Å². The normalized spacial score (nSPS) is 27.7. The van der Waals surface area contributed by atoms with E-state index in [-0.39, 0.29) is 24.4 Å². The van der Waals surface area contributed by atoms with Crippen LogP contribution < -0.4 is 0 Å². The SMILES string of the molecule is CC(C)OCC1OCCCC1OP(C)(=O)OC(C)C. The molecule has 0 aromatic carbocycles. The summed E-state index contributed by atoms with van der Waals surface area (Å²) in [4.78, 5) is 0. The Morgan fingerprint density at radius 1 is 1.26 bits per heavy atom. The van der Waals surface area contributed by atoms with Crippen LogP contribution in [-0.2, 0) is 23.1 Å². The molecule has 1 heterocycles. The number of rotatable bonds is 7. The van der Waals surface area contributed by atoms with E-state index in [1.54, 1.807) is 0 Å². The molecule has 1 fully saturated rings. The second kappa shape index (κ2) is 7.75. The predicted molar refractivity (Wildman–Crippen MR) is 74.7 cm³/mol. The maximum Gasteiger partial charge on any atom is 0.328 e. The smallest absolute Gasteiger partial charge is 0.328 e. The molecule has 19 heavy (non-hydrogen) atoms. The van der Waals surface area contributed by atoms with Gasteiger partial charge in [-0.2, -0.15) is 0 Å². The van der Waals surface area contributed by atoms with Gasteiger partial charge in [0.2, 0.25) is 0 Å². The van der Waals surface area contributed by atoms with Crippen LogP contribution >= 0.6 is 7.60 Å². The quantitative estimate of drug-likeness (QED) is 0.675. The van der Waals surface area contributed by atoms with Gasteiger partial charge in [0.05, 0.1) is 24.9 Å². The molecule has 1 rings (SSSR count). The van der Waals surface area contributed by atoms with Crippen molar-refractivity contribution in [2.75, 3.05) is 19.9 Å². The molecule has 0 aliphatic carbocycles. The lowest BCUT2D eigenvalue weighted by molar-refractivity contribution is -0.109. The number of hydrogen-bond donors (Lipinski definition) is 0. The molecule has 1 aliphatic rings. The zero-order valence-electron chi connectivity index (χ0n) is 12.6. The summed E-state index contributed by atoms with van der Waals surface area (Å²) in [5.74, 6) is 0. The van der Waals surface area contributed by atoms with Gasteiger partial charge in [-0.15, -0.1) is 0 Å². The third-order valence-electron chi connectivity index (χ3n) is 2.70. The average molecular weight is 294 g/mol. The highest BCUT2D eigenvalue weighted by atomic mass is 31.2. The van der Waals surface area contributed by atoms with Crippen LogP contribution in [0.4, 0.5) is 0 Å². The van der Waals surface area contributed by atoms with E-state index < -0.39 is 7.60 Å². The van der Waals surface area contributed by atoms with Crippen molar-refractivity contribution in [2.24, 2.45) is 0 Å². The molecule has 0 bridgehead atoms. The minimum atomic E-state index is -3.04. The topological polar surface area (TPSA) is 54.0 Å². The molecule has 0 radical (unpaired) electrons. The van der Waals surface area contributed by atoms with Gasteiger partial charge in [-0.05, 0) is 40.5 Å². The second-order valence-electron chi connectivity index (χ2n) is 5.50. The molecule has 0 amide bonds. The lowest BCUT2D eigenvalue weighted by atomic mass is 10.1. The van der Waals surface area contributed by atoms with Crippen molar-refractivity contribution in [2.45, 2.75) is 65.0 Å². The molecule has 0 aromatic rings. The van der Waals surface area contributed by atoms with Crippen LogP contribution in [0.3, 0.4) is 0 Å². The van der Waals surface area contributed by atoms with E-state index in [1.165, 1.54) is 6.66 Å². The summed E-state index contributed by atoms with van der Waals surface area (Å²) in [7, 11) is -3.04. The second-order valence-corrected chi connectivity index (χ2v) is 7.47. The Morgan fingerprint density at radius 3 is 2.53 bits per heavy atom. The van der Waals surface area contributed by atoms with Crippen LogP contribution in [0.15, 0.2) is 0 Å². The summed E-state index contributed by atoms with van der Waals surface area (Å²) >= 11 is 0. The minimum Gasteiger partial charge on any atom is -0.376 e. The Balaban J connectivity index is 2.54. The summed E-state index contributed by atoms with van der Waals surface area (Å²) in [5.41, 5.74) is 0. The largest absolute Gasteiger partial charge is 0.376 e. The van der Waals surface area contributed by atoms with E-state index in [2.05, 4.69) is 0 Å². The van der Waals surface area contributed by atoms with Gasteiger partial charge in [0.1, 0.15) is 6.10 Å². The highest BCUT2D eigenvalue weighted by Crippen LogP contribution is 2.48. The van der Waals surface area contributed by atoms with Crippen LogP contribution in [0.2, 0.25) is 0 Å². The summed E-state index contributed by atoms with van der Waals surface area (Å²) in [5, 5.41) is 0. The molecule has 1 saturated heterocycles. The standard InChI is InChI=1S/C13H27O5P/c1-10(2)16-9-13-12(7-6-8-15-13)18-19(5,14)17-11(3)4/h10-13H,6-9H2,1-5H3. The summed E-state index contributed by atoms with van der Waals surface area (Å²) in [6.45, 7) is 10.3. The molecular formula is C13H27O5P. The molecule has 114 valence electrons. The molecule has 0 N–H and O–H groups in total. The Kier molecular flexibility index (Phi) is 6.98. The summed E-state index contributed by atoms with van der Waals surface area (Å²) in [6.07, 6.45) is 1.37. The Bertz CT molecular complexity index is 305. The number of hydrogen-bond acceptors (Lipinski definition) is 5. The first-order valence-corrected chi connectivity index (χ1v) is 8.96. The van der Waals surface area contributed by atoms with Crippen LogP contribution in [0.25, 0.3) is 0 Å². The van der Waals surface area contributed by atoms with Crippen molar-refractivity contribution < 1.29 is 23.1 Å². The molecular weight excluding hydrogens is 267 g/mol. The van der Waals surface area contributed by atoms with E-state index >= 15 is 0 Å². The van der Waals surface area contributed by atoms with Gasteiger partial charge in [-0.3, -0.25) is 4.57 Å². The molecule has 5 nitrogen and oxygen atoms in total. The highest BCUT2D eigenvalue weighted by molar-refractivity contribution is 7.53. The van der Waals surface area contributed by atoms with Crippen LogP contribution in [-0.4, -0.2) is 44.3 Å². The zero-order valence-corrected chi connectivity index (χ0v) is 13.5. The van der Waals surface area contributed by atoms with E-state index in [9.17, 15) is 4.57 Å². The maximum absolute atomic E-state index is 12.2. The van der Waals surface area contributed by atoms with Crippen molar-refractivity contribution in [3.05, 3.63) is 0 Å². The Hall–Kier alpha value is 0.0700. The van der Waals surface area contributed by atoms with Crippen LogP contribution in [0.5, 0.6) is 0 Å². The third kappa shape index (κ3) is 6.87. The first-order valence-electron chi connectivity index (χ1n) is 6.97. The molecule has 0 spiro atoms. The molecule has 3 atom stereocenters. The minimum absolute atomic E-state index is 0.120.